The summed E-state index contributed by atoms with van der Waals surface area (Å²) in [5, 5.41) is 19.5. The highest BCUT2D eigenvalue weighted by Gasteiger charge is 2.41. The number of ether oxygens (including phenoxy) is 1. The number of rotatable bonds is 13. The molecule has 1 saturated heterocycles. The second-order valence-corrected chi connectivity index (χ2v) is 13.7. The van der Waals surface area contributed by atoms with E-state index in [1.54, 1.807) is 43.5 Å². The minimum atomic E-state index is -0.795. The maximum atomic E-state index is 13.3. The quantitative estimate of drug-likeness (QED) is 0.247. The van der Waals surface area contributed by atoms with Crippen molar-refractivity contribution in [3.05, 3.63) is 30.0 Å². The number of carboxylic acid groups (broad SMARTS) is 1. The molecule has 0 radical (unpaired) electrons. The van der Waals surface area contributed by atoms with Gasteiger partial charge in [0.05, 0.1) is 19.0 Å². The molecule has 2 aromatic rings. The van der Waals surface area contributed by atoms with Gasteiger partial charge in [0.25, 0.3) is 5.91 Å². The van der Waals surface area contributed by atoms with E-state index in [1.807, 2.05) is 6.92 Å². The average Bonchev–Trinajstić information content (AvgIpc) is 3.89. The van der Waals surface area contributed by atoms with Crippen molar-refractivity contribution in [2.45, 2.75) is 108 Å². The number of carbonyl (C=O) groups is 3. The number of carboxylic acids is 1. The third-order valence-electron chi connectivity index (χ3n) is 10.6. The molecule has 260 valence electrons. The van der Waals surface area contributed by atoms with Crippen molar-refractivity contribution >= 4 is 40.9 Å². The zero-order chi connectivity index (χ0) is 33.8. The summed E-state index contributed by atoms with van der Waals surface area (Å²) < 4.78 is 5.67. The van der Waals surface area contributed by atoms with Crippen LogP contribution in [-0.2, 0) is 9.59 Å². The minimum Gasteiger partial charge on any atom is -0.495 e. The number of hydrogen-bond acceptors (Lipinski definition) is 10. The van der Waals surface area contributed by atoms with Gasteiger partial charge in [0.2, 0.25) is 11.9 Å². The van der Waals surface area contributed by atoms with Crippen LogP contribution in [0.5, 0.6) is 5.75 Å². The Morgan fingerprint density at radius 1 is 1.08 bits per heavy atom. The molecule has 2 saturated carbocycles. The second-order valence-electron chi connectivity index (χ2n) is 13.7. The summed E-state index contributed by atoms with van der Waals surface area (Å²) in [6.45, 7) is 4.22. The Balaban J connectivity index is 1.08. The van der Waals surface area contributed by atoms with Gasteiger partial charge in [-0.3, -0.25) is 14.4 Å². The lowest BCUT2D eigenvalue weighted by Crippen LogP contribution is -2.55. The molecule has 3 fully saturated rings. The Morgan fingerprint density at radius 3 is 2.54 bits per heavy atom. The molecule has 1 unspecified atom stereocenters. The molecule has 2 aliphatic heterocycles. The molecule has 2 amide bonds. The first-order valence-electron chi connectivity index (χ1n) is 17.7. The van der Waals surface area contributed by atoms with Crippen LogP contribution < -0.4 is 30.5 Å². The molecule has 3 atom stereocenters. The molecule has 48 heavy (non-hydrogen) atoms. The molecular formula is C35H50N8O5. The van der Waals surface area contributed by atoms with Gasteiger partial charge in [-0.2, -0.15) is 4.98 Å². The summed E-state index contributed by atoms with van der Waals surface area (Å²) in [5.41, 5.74) is 1.81. The Labute approximate surface area is 282 Å². The molecule has 6 rings (SSSR count). The second kappa shape index (κ2) is 15.1. The number of carbonyl (C=O) groups excluding carboxylic acids is 2. The third kappa shape index (κ3) is 7.36. The highest BCUT2D eigenvalue weighted by atomic mass is 16.5. The standard InChI is InChI=1S/C35H50N8O5/c1-4-28-33(45)41(2)29-20-36-35(40-31(29)43(28)25-11-7-8-12-25)39-26-14-13-22(19-30(26)48-3)32(44)38-24-15-17-42(21-24)18-16-27(34(46)47)37-23-9-5-6-10-23/h13-14,19-20,23-25,27-28,37H,4-12,15-18,21H2,1-3H3,(H,38,44)(H,46,47)(H,36,39,40)/t24?,27-,28+/m0/s1. The lowest BCUT2D eigenvalue weighted by molar-refractivity contribution is -0.140. The number of fused-ring (bicyclic) bond motifs is 1. The van der Waals surface area contributed by atoms with Crippen LogP contribution in [0.3, 0.4) is 0 Å². The maximum Gasteiger partial charge on any atom is 0.320 e. The molecule has 2 aliphatic carbocycles. The first-order valence-corrected chi connectivity index (χ1v) is 17.7. The van der Waals surface area contributed by atoms with Gasteiger partial charge < -0.3 is 40.5 Å². The highest BCUT2D eigenvalue weighted by molar-refractivity contribution is 6.04. The monoisotopic (exact) mass is 662 g/mol. The van der Waals surface area contributed by atoms with Crippen molar-refractivity contribution in [2.24, 2.45) is 0 Å². The lowest BCUT2D eigenvalue weighted by atomic mass is 10.0. The lowest BCUT2D eigenvalue weighted by Gasteiger charge is -2.43. The van der Waals surface area contributed by atoms with Crippen LogP contribution in [0, 0.1) is 0 Å². The van der Waals surface area contributed by atoms with Gasteiger partial charge in [-0.05, 0) is 63.1 Å². The number of methoxy groups -OCH3 is 1. The normalized spacial score (nSPS) is 22.6. The molecule has 0 bridgehead atoms. The third-order valence-corrected chi connectivity index (χ3v) is 10.6. The fourth-order valence-corrected chi connectivity index (χ4v) is 7.89. The van der Waals surface area contributed by atoms with Crippen LogP contribution in [0.2, 0.25) is 0 Å². The van der Waals surface area contributed by atoms with Crippen LogP contribution in [-0.4, -0.2) is 102 Å². The summed E-state index contributed by atoms with van der Waals surface area (Å²) in [5.74, 6) is 0.723. The first kappa shape index (κ1) is 33.9. The van der Waals surface area contributed by atoms with Crippen LogP contribution >= 0.6 is 0 Å². The van der Waals surface area contributed by atoms with E-state index in [-0.39, 0.29) is 29.9 Å². The Hall–Kier alpha value is -3.97. The zero-order valence-electron chi connectivity index (χ0n) is 28.4. The van der Waals surface area contributed by atoms with E-state index >= 15 is 0 Å². The van der Waals surface area contributed by atoms with Crippen LogP contribution in [0.15, 0.2) is 24.4 Å². The van der Waals surface area contributed by atoms with Gasteiger partial charge in [0.15, 0.2) is 5.82 Å². The largest absolute Gasteiger partial charge is 0.495 e. The summed E-state index contributed by atoms with van der Waals surface area (Å²) in [7, 11) is 3.34. The molecule has 1 aromatic heterocycles. The molecule has 4 N–H and O–H groups in total. The number of nitrogens with one attached hydrogen (secondary N) is 3. The maximum absolute atomic E-state index is 13.3. The van der Waals surface area contributed by atoms with Crippen molar-refractivity contribution < 1.29 is 24.2 Å². The summed E-state index contributed by atoms with van der Waals surface area (Å²) in [6.07, 6.45) is 12.5. The Kier molecular flexibility index (Phi) is 10.6. The predicted molar refractivity (Wildman–Crippen MR) is 184 cm³/mol. The number of aromatic nitrogens is 2. The molecule has 13 nitrogen and oxygen atoms in total. The van der Waals surface area contributed by atoms with Gasteiger partial charge >= 0.3 is 5.97 Å². The van der Waals surface area contributed by atoms with Crippen molar-refractivity contribution in [1.29, 1.82) is 0 Å². The van der Waals surface area contributed by atoms with E-state index in [4.69, 9.17) is 9.72 Å². The molecule has 13 heteroatoms. The number of likely N-dealkylation sites (tertiary alicyclic amines) is 1. The molecule has 1 aromatic carbocycles. The van der Waals surface area contributed by atoms with Crippen molar-refractivity contribution in [2.75, 3.05) is 48.9 Å². The van der Waals surface area contributed by atoms with E-state index in [0.717, 1.165) is 70.2 Å². The number of nitrogens with zero attached hydrogens (tertiary/aromatic N) is 5. The summed E-state index contributed by atoms with van der Waals surface area (Å²) in [4.78, 5) is 53.9. The van der Waals surface area contributed by atoms with Gasteiger partial charge in [0.1, 0.15) is 23.5 Å². The van der Waals surface area contributed by atoms with E-state index in [9.17, 15) is 19.5 Å². The summed E-state index contributed by atoms with van der Waals surface area (Å²) >= 11 is 0. The fourth-order valence-electron chi connectivity index (χ4n) is 7.89. The number of amides is 2. The van der Waals surface area contributed by atoms with Crippen LogP contribution in [0.4, 0.5) is 23.1 Å². The highest BCUT2D eigenvalue weighted by Crippen LogP contribution is 2.40. The number of aliphatic carboxylic acids is 1. The SMILES string of the molecule is CC[C@@H]1C(=O)N(C)c2cnc(Nc3ccc(C(=O)NC4CCN(CC[C@H](NC5CCCC5)C(=O)O)C4)cc3OC)nc2N1C1CCCC1. The first-order chi connectivity index (χ1) is 23.2. The van der Waals surface area contributed by atoms with E-state index in [0.29, 0.717) is 60.6 Å². The van der Waals surface area contributed by atoms with Gasteiger partial charge in [-0.25, -0.2) is 4.98 Å². The van der Waals surface area contributed by atoms with Gasteiger partial charge in [-0.1, -0.05) is 32.6 Å². The molecule has 0 spiro atoms. The number of benzene rings is 1. The van der Waals surface area contributed by atoms with Crippen LogP contribution in [0.25, 0.3) is 0 Å². The Bertz CT molecular complexity index is 1480. The summed E-state index contributed by atoms with van der Waals surface area (Å²) in [6, 6.07) is 5.01. The van der Waals surface area contributed by atoms with Gasteiger partial charge in [-0.15, -0.1) is 0 Å². The van der Waals surface area contributed by atoms with E-state index in [1.165, 1.54) is 0 Å². The number of likely N-dealkylation sites (N-methyl/N-ethyl adjacent to an activating group) is 1. The smallest absolute Gasteiger partial charge is 0.320 e. The molecule has 4 aliphatic rings. The van der Waals surface area contributed by atoms with Crippen molar-refractivity contribution in [3.63, 3.8) is 0 Å². The van der Waals surface area contributed by atoms with Crippen molar-refractivity contribution in [1.82, 2.24) is 25.5 Å². The van der Waals surface area contributed by atoms with Gasteiger partial charge in [0, 0.05) is 50.4 Å². The topological polar surface area (TPSA) is 152 Å². The zero-order valence-corrected chi connectivity index (χ0v) is 28.4. The minimum absolute atomic E-state index is 0.0176. The Morgan fingerprint density at radius 2 is 1.83 bits per heavy atom. The number of hydrogen-bond donors (Lipinski definition) is 4. The van der Waals surface area contributed by atoms with Crippen molar-refractivity contribution in [3.8, 4) is 5.75 Å². The van der Waals surface area contributed by atoms with E-state index in [2.05, 4.69) is 30.7 Å². The fraction of sp³-hybridized carbons (Fsp3) is 0.629. The van der Waals surface area contributed by atoms with Crippen LogP contribution in [0.1, 0.15) is 87.9 Å². The number of anilines is 4. The molecule has 3 heterocycles. The predicted octanol–water partition coefficient (Wildman–Crippen LogP) is 3.91. The average molecular weight is 663 g/mol. The van der Waals surface area contributed by atoms with E-state index < -0.39 is 12.0 Å². The molecular weight excluding hydrogens is 612 g/mol.